The van der Waals surface area contributed by atoms with Crippen molar-refractivity contribution in [2.75, 3.05) is 25.0 Å². The standard InChI is InChI=1S/C13H17N5/c1-18(10-6-8-14-9-10)13-5-4-12(16-17-13)11-3-2-7-15-11/h2-5,7,10,14-15H,6,8-9H2,1H3. The van der Waals surface area contributed by atoms with Crippen molar-refractivity contribution in [3.8, 4) is 11.4 Å². The summed E-state index contributed by atoms with van der Waals surface area (Å²) in [6.07, 6.45) is 3.05. The molecule has 2 aromatic rings. The summed E-state index contributed by atoms with van der Waals surface area (Å²) in [5.41, 5.74) is 1.88. The smallest absolute Gasteiger partial charge is 0.151 e. The van der Waals surface area contributed by atoms with Crippen LogP contribution in [0.5, 0.6) is 0 Å². The van der Waals surface area contributed by atoms with E-state index in [-0.39, 0.29) is 0 Å². The molecule has 0 radical (unpaired) electrons. The van der Waals surface area contributed by atoms with Crippen molar-refractivity contribution in [1.82, 2.24) is 20.5 Å². The van der Waals surface area contributed by atoms with Gasteiger partial charge in [0.1, 0.15) is 5.69 Å². The number of hydrogen-bond donors (Lipinski definition) is 2. The number of nitrogens with zero attached hydrogens (tertiary/aromatic N) is 3. The molecule has 0 aliphatic carbocycles. The van der Waals surface area contributed by atoms with Crippen LogP contribution in [0.1, 0.15) is 6.42 Å². The van der Waals surface area contributed by atoms with Crippen molar-refractivity contribution in [3.63, 3.8) is 0 Å². The molecular formula is C13H17N5. The van der Waals surface area contributed by atoms with Crippen molar-refractivity contribution in [3.05, 3.63) is 30.5 Å². The maximum atomic E-state index is 4.31. The number of anilines is 1. The Balaban J connectivity index is 1.78. The Morgan fingerprint density at radius 2 is 2.22 bits per heavy atom. The highest BCUT2D eigenvalue weighted by atomic mass is 15.3. The van der Waals surface area contributed by atoms with Crippen LogP contribution in [-0.2, 0) is 0 Å². The van der Waals surface area contributed by atoms with Crippen LogP contribution in [0.2, 0.25) is 0 Å². The van der Waals surface area contributed by atoms with E-state index in [1.54, 1.807) is 0 Å². The van der Waals surface area contributed by atoms with E-state index in [1.165, 1.54) is 0 Å². The van der Waals surface area contributed by atoms with Gasteiger partial charge in [-0.05, 0) is 37.2 Å². The lowest BCUT2D eigenvalue weighted by Gasteiger charge is -2.24. The van der Waals surface area contributed by atoms with Crippen LogP contribution in [0, 0.1) is 0 Å². The number of hydrogen-bond acceptors (Lipinski definition) is 4. The van der Waals surface area contributed by atoms with Gasteiger partial charge >= 0.3 is 0 Å². The van der Waals surface area contributed by atoms with Gasteiger partial charge in [-0.1, -0.05) is 0 Å². The van der Waals surface area contributed by atoms with Crippen LogP contribution < -0.4 is 10.2 Å². The van der Waals surface area contributed by atoms with E-state index in [0.29, 0.717) is 6.04 Å². The molecular weight excluding hydrogens is 226 g/mol. The van der Waals surface area contributed by atoms with Gasteiger partial charge in [0.2, 0.25) is 0 Å². The van der Waals surface area contributed by atoms with E-state index in [4.69, 9.17) is 0 Å². The average molecular weight is 243 g/mol. The highest BCUT2D eigenvalue weighted by Gasteiger charge is 2.20. The van der Waals surface area contributed by atoms with Crippen LogP contribution in [0.3, 0.4) is 0 Å². The zero-order valence-corrected chi connectivity index (χ0v) is 10.4. The van der Waals surface area contributed by atoms with E-state index in [1.807, 2.05) is 30.5 Å². The van der Waals surface area contributed by atoms with Gasteiger partial charge in [-0.3, -0.25) is 0 Å². The summed E-state index contributed by atoms with van der Waals surface area (Å²) in [5, 5.41) is 11.9. The predicted octanol–water partition coefficient (Wildman–Crippen LogP) is 1.27. The minimum absolute atomic E-state index is 0.524. The lowest BCUT2D eigenvalue weighted by molar-refractivity contribution is 0.673. The number of rotatable bonds is 3. The van der Waals surface area contributed by atoms with E-state index >= 15 is 0 Å². The average Bonchev–Trinajstić information content (AvgIpc) is 3.11. The van der Waals surface area contributed by atoms with Gasteiger partial charge in [-0.15, -0.1) is 10.2 Å². The van der Waals surface area contributed by atoms with Crippen LogP contribution in [0.25, 0.3) is 11.4 Å². The molecule has 0 amide bonds. The summed E-state index contributed by atoms with van der Waals surface area (Å²) in [6.45, 7) is 2.11. The van der Waals surface area contributed by atoms with Crippen molar-refractivity contribution in [2.45, 2.75) is 12.5 Å². The Labute approximate surface area is 106 Å². The zero-order chi connectivity index (χ0) is 12.4. The number of aromatic nitrogens is 3. The second kappa shape index (κ2) is 4.78. The molecule has 1 aliphatic heterocycles. The third-order valence-electron chi connectivity index (χ3n) is 3.47. The number of aromatic amines is 1. The summed E-state index contributed by atoms with van der Waals surface area (Å²) >= 11 is 0. The van der Waals surface area contributed by atoms with Crippen LogP contribution >= 0.6 is 0 Å². The summed E-state index contributed by atoms with van der Waals surface area (Å²) in [7, 11) is 2.08. The normalized spacial score (nSPS) is 19.1. The highest BCUT2D eigenvalue weighted by Crippen LogP contribution is 2.18. The Hall–Kier alpha value is -1.88. The summed E-state index contributed by atoms with van der Waals surface area (Å²) in [6, 6.07) is 8.51. The van der Waals surface area contributed by atoms with Gasteiger partial charge in [-0.25, -0.2) is 0 Å². The third-order valence-corrected chi connectivity index (χ3v) is 3.47. The first kappa shape index (κ1) is 11.2. The summed E-state index contributed by atoms with van der Waals surface area (Å²) in [5.74, 6) is 0.930. The SMILES string of the molecule is CN(c1ccc(-c2ccc[nH]2)nn1)C1CCNC1. The molecule has 0 saturated carbocycles. The maximum Gasteiger partial charge on any atom is 0.151 e. The Morgan fingerprint density at radius 3 is 2.83 bits per heavy atom. The molecule has 18 heavy (non-hydrogen) atoms. The summed E-state index contributed by atoms with van der Waals surface area (Å²) in [4.78, 5) is 5.33. The first-order chi connectivity index (χ1) is 8.84. The van der Waals surface area contributed by atoms with Gasteiger partial charge in [0, 0.05) is 25.8 Å². The molecule has 0 aromatic carbocycles. The Morgan fingerprint density at radius 1 is 1.28 bits per heavy atom. The molecule has 0 spiro atoms. The first-order valence-electron chi connectivity index (χ1n) is 6.25. The quantitative estimate of drug-likeness (QED) is 0.852. The second-order valence-electron chi connectivity index (χ2n) is 4.62. The lowest BCUT2D eigenvalue weighted by atomic mass is 10.2. The molecule has 1 fully saturated rings. The molecule has 0 bridgehead atoms. The van der Waals surface area contributed by atoms with Gasteiger partial charge in [0.25, 0.3) is 0 Å². The van der Waals surface area contributed by atoms with E-state index in [0.717, 1.165) is 36.7 Å². The van der Waals surface area contributed by atoms with Gasteiger partial charge in [0.15, 0.2) is 5.82 Å². The molecule has 5 nitrogen and oxygen atoms in total. The third kappa shape index (κ3) is 2.09. The van der Waals surface area contributed by atoms with Crippen LogP contribution in [-0.4, -0.2) is 41.4 Å². The van der Waals surface area contributed by atoms with E-state index < -0.39 is 0 Å². The molecule has 5 heteroatoms. The molecule has 1 unspecified atom stereocenters. The molecule has 1 saturated heterocycles. The Kier molecular flexibility index (Phi) is 2.98. The highest BCUT2D eigenvalue weighted by molar-refractivity contribution is 5.55. The minimum Gasteiger partial charge on any atom is -0.360 e. The molecule has 1 aliphatic rings. The molecule has 3 rings (SSSR count). The topological polar surface area (TPSA) is 56.8 Å². The fourth-order valence-corrected chi connectivity index (χ4v) is 2.30. The number of H-pyrrole nitrogens is 1. The number of nitrogens with one attached hydrogen (secondary N) is 2. The first-order valence-corrected chi connectivity index (χ1v) is 6.25. The zero-order valence-electron chi connectivity index (χ0n) is 10.4. The molecule has 94 valence electrons. The van der Waals surface area contributed by atoms with E-state index in [9.17, 15) is 0 Å². The lowest BCUT2D eigenvalue weighted by Crippen LogP contribution is -2.34. The van der Waals surface area contributed by atoms with Crippen LogP contribution in [0.4, 0.5) is 5.82 Å². The van der Waals surface area contributed by atoms with Crippen molar-refractivity contribution in [1.29, 1.82) is 0 Å². The second-order valence-corrected chi connectivity index (χ2v) is 4.62. The fourth-order valence-electron chi connectivity index (χ4n) is 2.30. The van der Waals surface area contributed by atoms with Gasteiger partial charge in [0.05, 0.1) is 5.69 Å². The molecule has 3 heterocycles. The molecule has 2 N–H and O–H groups in total. The predicted molar refractivity (Wildman–Crippen MR) is 71.5 cm³/mol. The van der Waals surface area contributed by atoms with E-state index in [2.05, 4.69) is 32.4 Å². The summed E-state index contributed by atoms with van der Waals surface area (Å²) < 4.78 is 0. The fraction of sp³-hybridized carbons (Fsp3) is 0.385. The van der Waals surface area contributed by atoms with Crippen molar-refractivity contribution in [2.24, 2.45) is 0 Å². The van der Waals surface area contributed by atoms with Crippen molar-refractivity contribution >= 4 is 5.82 Å². The van der Waals surface area contributed by atoms with Gasteiger partial charge in [-0.2, -0.15) is 0 Å². The monoisotopic (exact) mass is 243 g/mol. The number of likely N-dealkylation sites (N-methyl/N-ethyl adjacent to an activating group) is 1. The molecule has 2 aromatic heterocycles. The van der Waals surface area contributed by atoms with Crippen LogP contribution in [0.15, 0.2) is 30.5 Å². The largest absolute Gasteiger partial charge is 0.360 e. The molecule has 1 atom stereocenters. The van der Waals surface area contributed by atoms with Gasteiger partial charge < -0.3 is 15.2 Å². The maximum absolute atomic E-state index is 4.31. The minimum atomic E-state index is 0.524. The Bertz CT molecular complexity index is 485. The van der Waals surface area contributed by atoms with Crippen molar-refractivity contribution < 1.29 is 0 Å².